The van der Waals surface area contributed by atoms with Crippen LogP contribution < -0.4 is 0 Å². The molecule has 1 aromatic carbocycles. The van der Waals surface area contributed by atoms with E-state index in [2.05, 4.69) is 64.7 Å². The van der Waals surface area contributed by atoms with Crippen LogP contribution in [0.15, 0.2) is 23.8 Å². The second-order valence-corrected chi connectivity index (χ2v) is 12.5. The van der Waals surface area contributed by atoms with Crippen molar-refractivity contribution in [3.8, 4) is 0 Å². The van der Waals surface area contributed by atoms with E-state index in [-0.39, 0.29) is 5.41 Å². The molecule has 2 rings (SSSR count). The standard InChI is InChI=1S/C16H24Si/c1-12-8-7-9-15-14(12)10-13(16(15,2)3)11-17(4,5)6/h7-10H,11H2,1-6H3. The van der Waals surface area contributed by atoms with E-state index in [9.17, 15) is 0 Å². The number of benzene rings is 1. The van der Waals surface area contributed by atoms with Crippen LogP contribution in [0.4, 0.5) is 0 Å². The third kappa shape index (κ3) is 2.26. The summed E-state index contributed by atoms with van der Waals surface area (Å²) in [5.74, 6) is 0. The number of allylic oxidation sites excluding steroid dienone is 1. The number of aryl methyl sites for hydroxylation is 1. The first-order valence-electron chi connectivity index (χ1n) is 6.53. The Balaban J connectivity index is 2.47. The molecule has 0 spiro atoms. The predicted octanol–water partition coefficient (Wildman–Crippen LogP) is 5.01. The molecule has 0 N–H and O–H groups in total. The van der Waals surface area contributed by atoms with Gasteiger partial charge in [-0.05, 0) is 29.7 Å². The molecule has 0 fully saturated rings. The highest BCUT2D eigenvalue weighted by Crippen LogP contribution is 2.45. The minimum atomic E-state index is -1.04. The average Bonchev–Trinajstić information content (AvgIpc) is 2.39. The lowest BCUT2D eigenvalue weighted by atomic mass is 9.81. The van der Waals surface area contributed by atoms with Crippen LogP contribution >= 0.6 is 0 Å². The molecule has 0 saturated heterocycles. The molecular weight excluding hydrogens is 220 g/mol. The maximum absolute atomic E-state index is 2.46. The summed E-state index contributed by atoms with van der Waals surface area (Å²) in [5.41, 5.74) is 6.29. The normalized spacial score (nSPS) is 17.9. The lowest BCUT2D eigenvalue weighted by Crippen LogP contribution is -2.26. The van der Waals surface area contributed by atoms with Gasteiger partial charge in [-0.15, -0.1) is 0 Å². The fourth-order valence-electron chi connectivity index (χ4n) is 2.79. The SMILES string of the molecule is Cc1cccc2c1C=C(C[Si](C)(C)C)C2(C)C. The van der Waals surface area contributed by atoms with E-state index < -0.39 is 8.07 Å². The summed E-state index contributed by atoms with van der Waals surface area (Å²) in [7, 11) is -1.04. The number of hydrogen-bond acceptors (Lipinski definition) is 0. The molecular formula is C16H24Si. The van der Waals surface area contributed by atoms with E-state index in [0.29, 0.717) is 0 Å². The van der Waals surface area contributed by atoms with Crippen molar-refractivity contribution in [3.05, 3.63) is 40.5 Å². The van der Waals surface area contributed by atoms with Crippen LogP contribution in [0.2, 0.25) is 25.7 Å². The van der Waals surface area contributed by atoms with Crippen LogP contribution in [0.25, 0.3) is 6.08 Å². The van der Waals surface area contributed by atoms with E-state index >= 15 is 0 Å². The van der Waals surface area contributed by atoms with Gasteiger partial charge < -0.3 is 0 Å². The topological polar surface area (TPSA) is 0 Å². The molecule has 1 aliphatic carbocycles. The first kappa shape index (κ1) is 12.6. The van der Waals surface area contributed by atoms with Gasteiger partial charge in [-0.3, -0.25) is 0 Å². The predicted molar refractivity (Wildman–Crippen MR) is 80.3 cm³/mol. The van der Waals surface area contributed by atoms with Crippen LogP contribution in [0.3, 0.4) is 0 Å². The summed E-state index contributed by atoms with van der Waals surface area (Å²) in [6.45, 7) is 14.4. The van der Waals surface area contributed by atoms with Crippen LogP contribution in [-0.4, -0.2) is 8.07 Å². The molecule has 0 aromatic heterocycles. The van der Waals surface area contributed by atoms with Gasteiger partial charge in [-0.2, -0.15) is 0 Å². The Hall–Kier alpha value is -0.823. The van der Waals surface area contributed by atoms with Gasteiger partial charge in [0, 0.05) is 13.5 Å². The molecule has 92 valence electrons. The molecule has 0 unspecified atom stereocenters. The van der Waals surface area contributed by atoms with Gasteiger partial charge in [0.05, 0.1) is 0 Å². The van der Waals surface area contributed by atoms with Gasteiger partial charge in [0.15, 0.2) is 0 Å². The third-order valence-electron chi connectivity index (χ3n) is 3.84. The number of rotatable bonds is 2. The van der Waals surface area contributed by atoms with E-state index in [1.807, 2.05) is 0 Å². The molecule has 0 saturated carbocycles. The van der Waals surface area contributed by atoms with Crippen molar-refractivity contribution in [2.75, 3.05) is 0 Å². The second-order valence-electron chi connectivity index (χ2n) is 7.07. The second kappa shape index (κ2) is 3.84. The maximum atomic E-state index is 2.46. The van der Waals surface area contributed by atoms with Gasteiger partial charge in [-0.25, -0.2) is 0 Å². The fourth-order valence-corrected chi connectivity index (χ4v) is 4.47. The van der Waals surface area contributed by atoms with Crippen molar-refractivity contribution in [1.82, 2.24) is 0 Å². The Kier molecular flexibility index (Phi) is 2.85. The fraction of sp³-hybridized carbons (Fsp3) is 0.500. The lowest BCUT2D eigenvalue weighted by molar-refractivity contribution is 0.637. The maximum Gasteiger partial charge on any atom is 0.0483 e. The zero-order chi connectivity index (χ0) is 12.8. The Bertz CT molecular complexity index is 473. The van der Waals surface area contributed by atoms with Crippen LogP contribution in [0, 0.1) is 6.92 Å². The highest BCUT2D eigenvalue weighted by Gasteiger charge is 2.35. The molecule has 0 heterocycles. The molecule has 0 aliphatic heterocycles. The molecule has 0 bridgehead atoms. The first-order chi connectivity index (χ1) is 7.72. The Labute approximate surface area is 107 Å². The van der Waals surface area contributed by atoms with E-state index in [0.717, 1.165) is 0 Å². The minimum absolute atomic E-state index is 0.238. The largest absolute Gasteiger partial charge is 0.0693 e. The number of fused-ring (bicyclic) bond motifs is 1. The van der Waals surface area contributed by atoms with Gasteiger partial charge >= 0.3 is 0 Å². The van der Waals surface area contributed by atoms with Crippen molar-refractivity contribution in [2.24, 2.45) is 0 Å². The Morgan fingerprint density at radius 1 is 1.12 bits per heavy atom. The minimum Gasteiger partial charge on any atom is -0.0693 e. The monoisotopic (exact) mass is 244 g/mol. The quantitative estimate of drug-likeness (QED) is 0.642. The summed E-state index contributed by atoms with van der Waals surface area (Å²) in [6, 6.07) is 8.04. The van der Waals surface area contributed by atoms with Crippen molar-refractivity contribution < 1.29 is 0 Å². The molecule has 1 aromatic rings. The zero-order valence-corrected chi connectivity index (χ0v) is 13.0. The van der Waals surface area contributed by atoms with Crippen molar-refractivity contribution in [2.45, 2.75) is 51.9 Å². The molecule has 1 heteroatoms. The van der Waals surface area contributed by atoms with Crippen LogP contribution in [0.1, 0.15) is 30.5 Å². The summed E-state index contributed by atoms with van der Waals surface area (Å²) < 4.78 is 0. The molecule has 0 atom stereocenters. The zero-order valence-electron chi connectivity index (χ0n) is 12.0. The van der Waals surface area contributed by atoms with E-state index in [1.54, 1.807) is 5.57 Å². The Morgan fingerprint density at radius 2 is 1.76 bits per heavy atom. The Morgan fingerprint density at radius 3 is 2.29 bits per heavy atom. The van der Waals surface area contributed by atoms with Gasteiger partial charge in [-0.1, -0.05) is 63.3 Å². The highest BCUT2D eigenvalue weighted by atomic mass is 28.3. The van der Waals surface area contributed by atoms with Gasteiger partial charge in [0.25, 0.3) is 0 Å². The van der Waals surface area contributed by atoms with E-state index in [4.69, 9.17) is 0 Å². The molecule has 0 amide bonds. The highest BCUT2D eigenvalue weighted by molar-refractivity contribution is 6.76. The van der Waals surface area contributed by atoms with E-state index in [1.165, 1.54) is 22.7 Å². The number of hydrogen-bond donors (Lipinski definition) is 0. The molecule has 17 heavy (non-hydrogen) atoms. The summed E-state index contributed by atoms with van der Waals surface area (Å²) in [6.07, 6.45) is 2.46. The van der Waals surface area contributed by atoms with Gasteiger partial charge in [0.2, 0.25) is 0 Å². The van der Waals surface area contributed by atoms with Crippen molar-refractivity contribution in [1.29, 1.82) is 0 Å². The first-order valence-corrected chi connectivity index (χ1v) is 10.2. The average molecular weight is 244 g/mol. The van der Waals surface area contributed by atoms with Crippen LogP contribution in [-0.2, 0) is 5.41 Å². The molecule has 0 radical (unpaired) electrons. The third-order valence-corrected chi connectivity index (χ3v) is 5.28. The summed E-state index contributed by atoms with van der Waals surface area (Å²) >= 11 is 0. The van der Waals surface area contributed by atoms with Gasteiger partial charge in [0.1, 0.15) is 0 Å². The van der Waals surface area contributed by atoms with Crippen molar-refractivity contribution in [3.63, 3.8) is 0 Å². The van der Waals surface area contributed by atoms with Crippen molar-refractivity contribution >= 4 is 14.1 Å². The smallest absolute Gasteiger partial charge is 0.0483 e. The van der Waals surface area contributed by atoms with Crippen LogP contribution in [0.5, 0.6) is 0 Å². The summed E-state index contributed by atoms with van der Waals surface area (Å²) in [5, 5.41) is 0. The molecule has 0 nitrogen and oxygen atoms in total. The summed E-state index contributed by atoms with van der Waals surface area (Å²) in [4.78, 5) is 0. The lowest BCUT2D eigenvalue weighted by Gasteiger charge is -2.29. The molecule has 1 aliphatic rings.